The summed E-state index contributed by atoms with van der Waals surface area (Å²) < 4.78 is 36.6. The molecule has 1 rings (SSSR count). The Hall–Kier alpha value is -1.12. The minimum atomic E-state index is -4.56. The van der Waals surface area contributed by atoms with Crippen LogP contribution in [0.1, 0.15) is 0 Å². The molecule has 0 heterocycles. The molecular formula is C8H3ClF3O+. The Bertz CT molecular complexity index is 323. The number of carbonyl (C=O) groups is 1. The third kappa shape index (κ3) is 2.17. The average Bonchev–Trinajstić information content (AvgIpc) is 2.03. The maximum atomic E-state index is 12.2. The van der Waals surface area contributed by atoms with Crippen LogP contribution in [0.25, 0.3) is 0 Å². The molecule has 0 saturated heterocycles. The highest BCUT2D eigenvalue weighted by atomic mass is 35.5. The minimum Gasteiger partial charge on any atom is -0.259 e. The van der Waals surface area contributed by atoms with Crippen molar-refractivity contribution in [3.63, 3.8) is 0 Å². The Morgan fingerprint density at radius 2 is 2.08 bits per heavy atom. The predicted octanol–water partition coefficient (Wildman–Crippen LogP) is 2.54. The largest absolute Gasteiger partial charge is 0.442 e. The number of hydrogen-bond donors (Lipinski definition) is 0. The summed E-state index contributed by atoms with van der Waals surface area (Å²) in [5.41, 5.74) is -1.61. The van der Waals surface area contributed by atoms with Gasteiger partial charge in [0.15, 0.2) is 11.1 Å². The SMILES string of the molecule is O=C(Cl)C1=C(C(F)(F)F)C=C[C+]=C1. The molecule has 0 unspecified atom stereocenters. The highest BCUT2D eigenvalue weighted by Crippen LogP contribution is 2.31. The van der Waals surface area contributed by atoms with Gasteiger partial charge in [0.25, 0.3) is 0 Å². The quantitative estimate of drug-likeness (QED) is 0.477. The molecule has 0 aliphatic heterocycles. The number of hydrogen-bond acceptors (Lipinski definition) is 1. The fourth-order valence-corrected chi connectivity index (χ4v) is 0.997. The molecule has 68 valence electrons. The first-order valence-corrected chi connectivity index (χ1v) is 3.58. The molecule has 13 heavy (non-hydrogen) atoms. The van der Waals surface area contributed by atoms with Crippen molar-refractivity contribution in [1.82, 2.24) is 0 Å². The predicted molar refractivity (Wildman–Crippen MR) is 40.9 cm³/mol. The fraction of sp³-hybridized carbons (Fsp3) is 0.125. The van der Waals surface area contributed by atoms with Gasteiger partial charge in [0.1, 0.15) is 12.2 Å². The van der Waals surface area contributed by atoms with Gasteiger partial charge in [-0.1, -0.05) is 0 Å². The normalized spacial score (nSPS) is 16.0. The van der Waals surface area contributed by atoms with Gasteiger partial charge in [-0.3, -0.25) is 4.79 Å². The van der Waals surface area contributed by atoms with E-state index in [0.717, 1.165) is 18.2 Å². The van der Waals surface area contributed by atoms with Crippen LogP contribution in [0.4, 0.5) is 13.2 Å². The molecular weight excluding hydrogens is 205 g/mol. The summed E-state index contributed by atoms with van der Waals surface area (Å²) >= 11 is 4.96. The summed E-state index contributed by atoms with van der Waals surface area (Å²) in [7, 11) is 0. The molecule has 0 spiro atoms. The lowest BCUT2D eigenvalue weighted by Gasteiger charge is -2.04. The van der Waals surface area contributed by atoms with Crippen molar-refractivity contribution in [3.8, 4) is 0 Å². The third-order valence-electron chi connectivity index (χ3n) is 1.38. The summed E-state index contributed by atoms with van der Waals surface area (Å²) in [5, 5.41) is -1.14. The Morgan fingerprint density at radius 1 is 1.46 bits per heavy atom. The van der Waals surface area contributed by atoms with Crippen LogP contribution in [0.15, 0.2) is 29.4 Å². The van der Waals surface area contributed by atoms with E-state index in [0.29, 0.717) is 0 Å². The van der Waals surface area contributed by atoms with Crippen molar-refractivity contribution >= 4 is 16.8 Å². The monoisotopic (exact) mass is 207 g/mol. The highest BCUT2D eigenvalue weighted by Gasteiger charge is 2.41. The van der Waals surface area contributed by atoms with Gasteiger partial charge in [0.05, 0.1) is 6.08 Å². The van der Waals surface area contributed by atoms with Gasteiger partial charge in [-0.15, -0.1) is 0 Å². The maximum absolute atomic E-state index is 12.2. The molecule has 0 aromatic heterocycles. The second kappa shape index (κ2) is 3.32. The lowest BCUT2D eigenvalue weighted by Crippen LogP contribution is -2.15. The highest BCUT2D eigenvalue weighted by molar-refractivity contribution is 6.68. The van der Waals surface area contributed by atoms with E-state index in [4.69, 9.17) is 11.6 Å². The molecule has 1 aliphatic carbocycles. The van der Waals surface area contributed by atoms with Crippen LogP contribution in [0, 0.1) is 6.08 Å². The van der Waals surface area contributed by atoms with Crippen LogP contribution in [-0.4, -0.2) is 11.4 Å². The smallest absolute Gasteiger partial charge is 0.259 e. The lowest BCUT2D eigenvalue weighted by atomic mass is 10.0. The summed E-state index contributed by atoms with van der Waals surface area (Å²) in [6, 6.07) is 0. The Kier molecular flexibility index (Phi) is 2.55. The van der Waals surface area contributed by atoms with Crippen LogP contribution < -0.4 is 0 Å². The Morgan fingerprint density at radius 3 is 2.46 bits per heavy atom. The molecule has 0 atom stereocenters. The van der Waals surface area contributed by atoms with Crippen molar-refractivity contribution in [2.45, 2.75) is 6.18 Å². The molecule has 0 aromatic carbocycles. The number of halogens is 4. The first kappa shape index (κ1) is 9.96. The second-order valence-corrected chi connectivity index (χ2v) is 2.59. The number of alkyl halides is 3. The number of rotatable bonds is 1. The Balaban J connectivity index is 3.23. The summed E-state index contributed by atoms with van der Waals surface area (Å²) in [5.74, 6) is 0. The van der Waals surface area contributed by atoms with Gasteiger partial charge in [-0.25, -0.2) is 0 Å². The molecule has 1 nitrogen and oxygen atoms in total. The van der Waals surface area contributed by atoms with Gasteiger partial charge in [-0.05, 0) is 11.6 Å². The standard InChI is InChI=1S/C8H3ClF3O/c9-7(13)5-3-1-2-4-6(5)8(10,11)12/h2-4H/q+1. The van der Waals surface area contributed by atoms with E-state index in [9.17, 15) is 18.0 Å². The van der Waals surface area contributed by atoms with Crippen molar-refractivity contribution in [2.24, 2.45) is 0 Å². The van der Waals surface area contributed by atoms with Crippen molar-refractivity contribution in [2.75, 3.05) is 0 Å². The lowest BCUT2D eigenvalue weighted by molar-refractivity contribution is -0.110. The van der Waals surface area contributed by atoms with Gasteiger partial charge < -0.3 is 0 Å². The maximum Gasteiger partial charge on any atom is 0.442 e. The zero-order valence-electron chi connectivity index (χ0n) is 6.15. The van der Waals surface area contributed by atoms with Crippen LogP contribution in [0.2, 0.25) is 0 Å². The van der Waals surface area contributed by atoms with E-state index in [2.05, 4.69) is 6.08 Å². The Labute approximate surface area is 77.2 Å². The summed E-state index contributed by atoms with van der Waals surface area (Å²) in [4.78, 5) is 10.6. The zero-order valence-corrected chi connectivity index (χ0v) is 6.91. The van der Waals surface area contributed by atoms with Gasteiger partial charge >= 0.3 is 11.4 Å². The third-order valence-corrected chi connectivity index (χ3v) is 1.58. The first-order chi connectivity index (χ1) is 5.93. The van der Waals surface area contributed by atoms with E-state index in [1.807, 2.05) is 0 Å². The molecule has 1 aliphatic rings. The van der Waals surface area contributed by atoms with E-state index in [-0.39, 0.29) is 0 Å². The molecule has 0 saturated carbocycles. The van der Waals surface area contributed by atoms with E-state index in [1.54, 1.807) is 0 Å². The van der Waals surface area contributed by atoms with Crippen LogP contribution in [-0.2, 0) is 4.79 Å². The topological polar surface area (TPSA) is 17.1 Å². The zero-order chi connectivity index (χ0) is 10.1. The summed E-state index contributed by atoms with van der Waals surface area (Å²) in [6.45, 7) is 0. The second-order valence-electron chi connectivity index (χ2n) is 2.24. The molecule has 5 heteroatoms. The van der Waals surface area contributed by atoms with Crippen LogP contribution >= 0.6 is 11.6 Å². The van der Waals surface area contributed by atoms with Crippen molar-refractivity contribution in [3.05, 3.63) is 35.5 Å². The first-order valence-electron chi connectivity index (χ1n) is 3.20. The summed E-state index contributed by atoms with van der Waals surface area (Å²) in [6.07, 6.45) is 0.539. The van der Waals surface area contributed by atoms with Crippen molar-refractivity contribution < 1.29 is 18.0 Å². The molecule has 0 aromatic rings. The average molecular weight is 208 g/mol. The number of allylic oxidation sites excluding steroid dienone is 6. The van der Waals surface area contributed by atoms with Gasteiger partial charge in [-0.2, -0.15) is 13.2 Å². The molecule has 0 fully saturated rings. The van der Waals surface area contributed by atoms with E-state index < -0.39 is 22.6 Å². The fourth-order valence-electron chi connectivity index (χ4n) is 0.840. The van der Waals surface area contributed by atoms with Crippen LogP contribution in [0.3, 0.4) is 0 Å². The molecule has 0 bridgehead atoms. The van der Waals surface area contributed by atoms with Gasteiger partial charge in [0.2, 0.25) is 0 Å². The van der Waals surface area contributed by atoms with E-state index >= 15 is 0 Å². The van der Waals surface area contributed by atoms with Crippen molar-refractivity contribution in [1.29, 1.82) is 0 Å². The number of carbonyl (C=O) groups excluding carboxylic acids is 1. The van der Waals surface area contributed by atoms with Gasteiger partial charge in [0, 0.05) is 6.08 Å². The molecule has 0 amide bonds. The van der Waals surface area contributed by atoms with Crippen LogP contribution in [0.5, 0.6) is 0 Å². The van der Waals surface area contributed by atoms with E-state index in [1.165, 1.54) is 0 Å². The molecule has 0 radical (unpaired) electrons. The molecule has 0 N–H and O–H groups in total. The minimum absolute atomic E-state index is 0.573.